The number of benzene rings is 2. The molecular weight excluding hydrogens is 474 g/mol. The van der Waals surface area contributed by atoms with E-state index in [0.717, 1.165) is 16.7 Å². The monoisotopic (exact) mass is 507 g/mol. The Balaban J connectivity index is 1.45. The van der Waals surface area contributed by atoms with Crippen LogP contribution in [0.15, 0.2) is 60.8 Å². The zero-order valence-electron chi connectivity index (χ0n) is 21.6. The number of carbonyl (C=O) groups is 1. The number of nitrogens with zero attached hydrogens (tertiary/aromatic N) is 3. The normalized spacial score (nSPS) is 25.1. The van der Waals surface area contributed by atoms with Gasteiger partial charge in [0.05, 0.1) is 31.9 Å². The Morgan fingerprint density at radius 3 is 2.59 bits per heavy atom. The van der Waals surface area contributed by atoms with Crippen molar-refractivity contribution in [3.63, 3.8) is 0 Å². The molecule has 5 rings (SSSR count). The summed E-state index contributed by atoms with van der Waals surface area (Å²) in [5, 5.41) is 8.77. The third-order valence-electron chi connectivity index (χ3n) is 6.57. The largest absolute Gasteiger partial charge is 0.466 e. The number of aryl methyl sites for hydroxylation is 1. The highest BCUT2D eigenvalue weighted by Crippen LogP contribution is 2.43. The second-order valence-corrected chi connectivity index (χ2v) is 9.86. The van der Waals surface area contributed by atoms with Crippen molar-refractivity contribution in [3.05, 3.63) is 71.9 Å². The lowest BCUT2D eigenvalue weighted by Crippen LogP contribution is -2.42. The fourth-order valence-electron chi connectivity index (χ4n) is 4.82. The molecule has 2 aliphatic rings. The molecule has 9 heteroatoms. The van der Waals surface area contributed by atoms with E-state index >= 15 is 0 Å². The van der Waals surface area contributed by atoms with E-state index in [9.17, 15) is 4.79 Å². The number of rotatable bonds is 9. The van der Waals surface area contributed by atoms with Crippen molar-refractivity contribution in [1.29, 1.82) is 0 Å². The van der Waals surface area contributed by atoms with E-state index in [1.807, 2.05) is 81.6 Å². The molecule has 2 unspecified atom stereocenters. The maximum atomic E-state index is 12.7. The first kappa shape index (κ1) is 25.5. The predicted octanol–water partition coefficient (Wildman–Crippen LogP) is 4.21. The van der Waals surface area contributed by atoms with Crippen LogP contribution in [0.1, 0.15) is 44.4 Å². The summed E-state index contributed by atoms with van der Waals surface area (Å²) in [7, 11) is 0. The fourth-order valence-corrected chi connectivity index (χ4v) is 4.82. The van der Waals surface area contributed by atoms with Crippen molar-refractivity contribution in [2.45, 2.75) is 77.2 Å². The number of esters is 1. The van der Waals surface area contributed by atoms with Crippen molar-refractivity contribution in [2.24, 2.45) is 0 Å². The van der Waals surface area contributed by atoms with Crippen LogP contribution >= 0.6 is 0 Å². The SMILES string of the molecule is CCOC(=O)CC(C1O[C@@H]2OC(C)(C)O[C@@H]2[C@H]1OCc1ccccc1)n1cc(-c2ccc(C)cc2)nn1. The number of ether oxygens (including phenoxy) is 5. The second kappa shape index (κ2) is 10.7. The lowest BCUT2D eigenvalue weighted by molar-refractivity contribution is -0.225. The van der Waals surface area contributed by atoms with Crippen LogP contribution in [0.4, 0.5) is 0 Å². The van der Waals surface area contributed by atoms with E-state index in [2.05, 4.69) is 10.3 Å². The van der Waals surface area contributed by atoms with Crippen molar-refractivity contribution >= 4 is 5.97 Å². The summed E-state index contributed by atoms with van der Waals surface area (Å²) in [6.45, 7) is 8.15. The predicted molar refractivity (Wildman–Crippen MR) is 134 cm³/mol. The molecule has 0 spiro atoms. The third kappa shape index (κ3) is 5.75. The van der Waals surface area contributed by atoms with Gasteiger partial charge in [-0.25, -0.2) is 4.68 Å². The molecule has 37 heavy (non-hydrogen) atoms. The van der Waals surface area contributed by atoms with Gasteiger partial charge in [0, 0.05) is 5.56 Å². The van der Waals surface area contributed by atoms with E-state index < -0.39 is 36.4 Å². The minimum absolute atomic E-state index is 0.0310. The molecule has 1 aromatic heterocycles. The Labute approximate surface area is 216 Å². The Morgan fingerprint density at radius 1 is 1.11 bits per heavy atom. The minimum atomic E-state index is -0.808. The van der Waals surface area contributed by atoms with Crippen molar-refractivity contribution in [1.82, 2.24) is 15.0 Å². The summed E-state index contributed by atoms with van der Waals surface area (Å²) in [6.07, 6.45) is -0.348. The number of aromatic nitrogens is 3. The zero-order chi connectivity index (χ0) is 26.0. The highest BCUT2D eigenvalue weighted by Gasteiger charge is 2.57. The molecular formula is C28H33N3O6. The van der Waals surface area contributed by atoms with E-state index in [0.29, 0.717) is 12.3 Å². The maximum Gasteiger partial charge on any atom is 0.308 e. The van der Waals surface area contributed by atoms with Gasteiger partial charge in [0.25, 0.3) is 0 Å². The van der Waals surface area contributed by atoms with Crippen LogP contribution in [0, 0.1) is 6.92 Å². The molecule has 0 bridgehead atoms. The lowest BCUT2D eigenvalue weighted by atomic mass is 10.00. The molecule has 2 fully saturated rings. The summed E-state index contributed by atoms with van der Waals surface area (Å²) in [5.74, 6) is -1.17. The Morgan fingerprint density at radius 2 is 1.86 bits per heavy atom. The second-order valence-electron chi connectivity index (χ2n) is 9.86. The highest BCUT2D eigenvalue weighted by atomic mass is 16.8. The first-order chi connectivity index (χ1) is 17.8. The van der Waals surface area contributed by atoms with E-state index in [-0.39, 0.29) is 19.0 Å². The van der Waals surface area contributed by atoms with Gasteiger partial charge in [-0.05, 0) is 33.3 Å². The van der Waals surface area contributed by atoms with E-state index in [1.54, 1.807) is 11.6 Å². The van der Waals surface area contributed by atoms with Gasteiger partial charge in [-0.1, -0.05) is 65.4 Å². The van der Waals surface area contributed by atoms with Gasteiger partial charge < -0.3 is 23.7 Å². The van der Waals surface area contributed by atoms with Gasteiger partial charge in [-0.2, -0.15) is 0 Å². The van der Waals surface area contributed by atoms with Gasteiger partial charge in [0.1, 0.15) is 24.0 Å². The Bertz CT molecular complexity index is 1200. The van der Waals surface area contributed by atoms with E-state index in [1.165, 1.54) is 0 Å². The van der Waals surface area contributed by atoms with Crippen LogP contribution in [0.2, 0.25) is 0 Å². The Hall–Kier alpha value is -3.11. The van der Waals surface area contributed by atoms with Crippen LogP contribution in [0.3, 0.4) is 0 Å². The number of hydrogen-bond acceptors (Lipinski definition) is 8. The fraction of sp³-hybridized carbons (Fsp3) is 0.464. The number of hydrogen-bond donors (Lipinski definition) is 0. The third-order valence-corrected chi connectivity index (χ3v) is 6.57. The molecule has 9 nitrogen and oxygen atoms in total. The van der Waals surface area contributed by atoms with Gasteiger partial charge in [0.2, 0.25) is 0 Å². The molecule has 196 valence electrons. The molecule has 2 saturated heterocycles. The number of fused-ring (bicyclic) bond motifs is 1. The first-order valence-electron chi connectivity index (χ1n) is 12.6. The van der Waals surface area contributed by atoms with Crippen molar-refractivity contribution in [2.75, 3.05) is 6.61 Å². The Kier molecular flexibility index (Phi) is 7.39. The highest BCUT2D eigenvalue weighted by molar-refractivity contribution is 5.70. The quantitative estimate of drug-likeness (QED) is 0.398. The number of carbonyl (C=O) groups excluding carboxylic acids is 1. The lowest BCUT2D eigenvalue weighted by Gasteiger charge is -2.30. The maximum absolute atomic E-state index is 12.7. The molecule has 2 aliphatic heterocycles. The van der Waals surface area contributed by atoms with Crippen LogP contribution in [-0.2, 0) is 35.1 Å². The van der Waals surface area contributed by atoms with Gasteiger partial charge in [0.15, 0.2) is 12.1 Å². The van der Waals surface area contributed by atoms with Gasteiger partial charge in [-0.3, -0.25) is 4.79 Å². The molecule has 0 N–H and O–H groups in total. The molecule has 0 aliphatic carbocycles. The molecule has 3 heterocycles. The van der Waals surface area contributed by atoms with Crippen molar-refractivity contribution < 1.29 is 28.5 Å². The van der Waals surface area contributed by atoms with Crippen molar-refractivity contribution in [3.8, 4) is 11.3 Å². The summed E-state index contributed by atoms with van der Waals surface area (Å²) >= 11 is 0. The van der Waals surface area contributed by atoms with Crippen LogP contribution in [0.5, 0.6) is 0 Å². The average Bonchev–Trinajstić information content (AvgIpc) is 3.55. The van der Waals surface area contributed by atoms with Crippen LogP contribution in [-0.4, -0.2) is 58.0 Å². The summed E-state index contributed by atoms with van der Waals surface area (Å²) in [4.78, 5) is 12.7. The van der Waals surface area contributed by atoms with Gasteiger partial charge >= 0.3 is 5.97 Å². The molecule has 0 radical (unpaired) electrons. The smallest absolute Gasteiger partial charge is 0.308 e. The van der Waals surface area contributed by atoms with Crippen LogP contribution < -0.4 is 0 Å². The molecule has 5 atom stereocenters. The zero-order valence-corrected chi connectivity index (χ0v) is 21.6. The summed E-state index contributed by atoms with van der Waals surface area (Å²) < 4.78 is 32.0. The topological polar surface area (TPSA) is 93.9 Å². The summed E-state index contributed by atoms with van der Waals surface area (Å²) in [5.41, 5.74) is 3.81. The van der Waals surface area contributed by atoms with Gasteiger partial charge in [-0.15, -0.1) is 5.10 Å². The molecule has 0 amide bonds. The molecule has 0 saturated carbocycles. The standard InChI is InChI=1S/C28H33N3O6/c1-5-33-23(32)15-22(31-16-21(29-30-31)20-13-11-18(2)12-14-20)24-25(34-17-19-9-7-6-8-10-19)26-27(35-24)37-28(3,4)36-26/h6-14,16,22,24-27H,5,15,17H2,1-4H3/t22?,24?,25-,26+,27+/m0/s1. The minimum Gasteiger partial charge on any atom is -0.466 e. The molecule has 3 aromatic rings. The molecule has 2 aromatic carbocycles. The van der Waals surface area contributed by atoms with Crippen LogP contribution in [0.25, 0.3) is 11.3 Å². The summed E-state index contributed by atoms with van der Waals surface area (Å²) in [6, 6.07) is 17.4. The van der Waals surface area contributed by atoms with E-state index in [4.69, 9.17) is 23.7 Å². The first-order valence-corrected chi connectivity index (χ1v) is 12.6. The average molecular weight is 508 g/mol.